The lowest BCUT2D eigenvalue weighted by Gasteiger charge is -2.40. The van der Waals surface area contributed by atoms with E-state index < -0.39 is 0 Å². The number of benzene rings is 1. The van der Waals surface area contributed by atoms with Crippen molar-refractivity contribution in [2.24, 2.45) is 5.92 Å². The highest BCUT2D eigenvalue weighted by atomic mass is 16.2. The Kier molecular flexibility index (Phi) is 7.84. The fraction of sp³-hybridized carbons (Fsp3) is 0.680. The molecule has 2 N–H and O–H groups in total. The first-order chi connectivity index (χ1) is 15.2. The number of urea groups is 1. The minimum absolute atomic E-state index is 0.00433. The predicted molar refractivity (Wildman–Crippen MR) is 123 cm³/mol. The van der Waals surface area contributed by atoms with Crippen LogP contribution in [0.5, 0.6) is 0 Å². The maximum Gasteiger partial charge on any atom is 0.318 e. The fourth-order valence-corrected chi connectivity index (χ4v) is 5.42. The number of nitrogens with one attached hydrogen (secondary N) is 2. The van der Waals surface area contributed by atoms with Crippen LogP contribution in [0.3, 0.4) is 0 Å². The second kappa shape index (κ2) is 11.0. The molecule has 2 heterocycles. The van der Waals surface area contributed by atoms with Gasteiger partial charge in [0, 0.05) is 25.7 Å². The van der Waals surface area contributed by atoms with Crippen molar-refractivity contribution in [2.45, 2.75) is 69.9 Å². The Balaban J connectivity index is 1.37. The van der Waals surface area contributed by atoms with Crippen molar-refractivity contribution in [3.05, 3.63) is 35.9 Å². The quantitative estimate of drug-likeness (QED) is 0.729. The zero-order chi connectivity index (χ0) is 21.5. The Labute approximate surface area is 186 Å². The molecule has 1 aromatic carbocycles. The van der Waals surface area contributed by atoms with E-state index in [0.717, 1.165) is 50.9 Å². The van der Waals surface area contributed by atoms with Gasteiger partial charge in [-0.2, -0.15) is 0 Å². The predicted octanol–water partition coefficient (Wildman–Crippen LogP) is 3.69. The van der Waals surface area contributed by atoms with E-state index >= 15 is 0 Å². The minimum Gasteiger partial charge on any atom is -0.355 e. The summed E-state index contributed by atoms with van der Waals surface area (Å²) < 4.78 is 0. The van der Waals surface area contributed by atoms with Crippen molar-refractivity contribution in [1.29, 1.82) is 0 Å². The molecule has 0 spiro atoms. The fourth-order valence-electron chi connectivity index (χ4n) is 5.42. The Hall–Kier alpha value is -2.08. The van der Waals surface area contributed by atoms with Crippen LogP contribution < -0.4 is 10.6 Å². The first-order valence-corrected chi connectivity index (χ1v) is 12.3. The lowest BCUT2D eigenvalue weighted by Crippen LogP contribution is -2.52. The molecular formula is C25H38N4O2. The van der Waals surface area contributed by atoms with Crippen LogP contribution in [-0.4, -0.2) is 60.5 Å². The number of nitrogens with zero attached hydrogens (tertiary/aromatic N) is 2. The molecule has 170 valence electrons. The van der Waals surface area contributed by atoms with E-state index in [1.165, 1.54) is 32.1 Å². The molecule has 1 aromatic rings. The zero-order valence-electron chi connectivity index (χ0n) is 18.7. The van der Waals surface area contributed by atoms with Crippen molar-refractivity contribution in [2.75, 3.05) is 32.7 Å². The normalized spacial score (nSPS) is 25.4. The van der Waals surface area contributed by atoms with Crippen molar-refractivity contribution < 1.29 is 9.59 Å². The van der Waals surface area contributed by atoms with Crippen LogP contribution in [0.4, 0.5) is 4.79 Å². The molecule has 2 atom stereocenters. The van der Waals surface area contributed by atoms with Gasteiger partial charge in [-0.05, 0) is 57.2 Å². The Morgan fingerprint density at radius 2 is 1.65 bits per heavy atom. The molecule has 1 saturated carbocycles. The van der Waals surface area contributed by atoms with E-state index in [1.54, 1.807) is 0 Å². The molecule has 0 radical (unpaired) electrons. The molecule has 2 unspecified atom stereocenters. The topological polar surface area (TPSA) is 64.7 Å². The Morgan fingerprint density at radius 1 is 0.903 bits per heavy atom. The summed E-state index contributed by atoms with van der Waals surface area (Å²) in [7, 11) is 0. The molecule has 3 aliphatic rings. The van der Waals surface area contributed by atoms with Gasteiger partial charge in [0.05, 0.1) is 12.0 Å². The van der Waals surface area contributed by atoms with E-state index in [4.69, 9.17) is 0 Å². The Morgan fingerprint density at radius 3 is 2.39 bits per heavy atom. The molecule has 3 fully saturated rings. The van der Waals surface area contributed by atoms with Gasteiger partial charge in [0.1, 0.15) is 0 Å². The third-order valence-electron chi connectivity index (χ3n) is 7.26. The smallest absolute Gasteiger partial charge is 0.318 e. The summed E-state index contributed by atoms with van der Waals surface area (Å²) in [4.78, 5) is 30.5. The lowest BCUT2D eigenvalue weighted by molar-refractivity contribution is -0.126. The molecule has 3 amide bonds. The van der Waals surface area contributed by atoms with Gasteiger partial charge in [0.15, 0.2) is 0 Å². The zero-order valence-corrected chi connectivity index (χ0v) is 18.7. The molecule has 31 heavy (non-hydrogen) atoms. The van der Waals surface area contributed by atoms with E-state index in [1.807, 2.05) is 23.1 Å². The second-order valence-electron chi connectivity index (χ2n) is 9.48. The minimum atomic E-state index is -0.129. The number of hydrogen-bond donors (Lipinski definition) is 2. The highest BCUT2D eigenvalue weighted by Gasteiger charge is 2.36. The summed E-state index contributed by atoms with van der Waals surface area (Å²) in [6, 6.07) is 10.6. The van der Waals surface area contributed by atoms with Gasteiger partial charge in [-0.25, -0.2) is 4.79 Å². The molecule has 0 aromatic heterocycles. The van der Waals surface area contributed by atoms with Crippen LogP contribution in [0, 0.1) is 5.92 Å². The molecule has 2 saturated heterocycles. The molecule has 4 rings (SSSR count). The third-order valence-corrected chi connectivity index (χ3v) is 7.26. The number of rotatable bonds is 6. The molecule has 6 heteroatoms. The average molecular weight is 427 g/mol. The standard InChI is InChI=1S/C25H38N4O2/c30-24(26-15-18-28-16-7-8-17-28)21-13-14-23(20-9-3-1-4-10-20)29(19-21)25(31)27-22-11-5-2-6-12-22/h1,3-4,9-10,21-23H,2,5-8,11-19H2,(H,26,30)(H,27,31). The summed E-state index contributed by atoms with van der Waals surface area (Å²) in [6.07, 6.45) is 9.96. The van der Waals surface area contributed by atoms with Crippen molar-refractivity contribution in [3.8, 4) is 0 Å². The summed E-state index contributed by atoms with van der Waals surface area (Å²) in [6.45, 7) is 4.41. The van der Waals surface area contributed by atoms with E-state index in [0.29, 0.717) is 13.1 Å². The van der Waals surface area contributed by atoms with E-state index in [9.17, 15) is 9.59 Å². The lowest BCUT2D eigenvalue weighted by atomic mass is 9.88. The first kappa shape index (κ1) is 22.1. The number of hydrogen-bond acceptors (Lipinski definition) is 3. The van der Waals surface area contributed by atoms with Crippen LogP contribution in [-0.2, 0) is 4.79 Å². The summed E-state index contributed by atoms with van der Waals surface area (Å²) in [5, 5.41) is 6.41. The summed E-state index contributed by atoms with van der Waals surface area (Å²) in [5.74, 6) is -0.0307. The number of carbonyl (C=O) groups excluding carboxylic acids is 2. The summed E-state index contributed by atoms with van der Waals surface area (Å²) >= 11 is 0. The van der Waals surface area contributed by atoms with Crippen LogP contribution in [0.2, 0.25) is 0 Å². The van der Waals surface area contributed by atoms with Crippen LogP contribution in [0.15, 0.2) is 30.3 Å². The first-order valence-electron chi connectivity index (χ1n) is 12.3. The van der Waals surface area contributed by atoms with Crippen molar-refractivity contribution in [3.63, 3.8) is 0 Å². The van der Waals surface area contributed by atoms with Crippen molar-refractivity contribution in [1.82, 2.24) is 20.4 Å². The van der Waals surface area contributed by atoms with Crippen molar-refractivity contribution >= 4 is 11.9 Å². The molecule has 2 aliphatic heterocycles. The average Bonchev–Trinajstić information content (AvgIpc) is 3.33. The number of carbonyl (C=O) groups is 2. The van der Waals surface area contributed by atoms with Gasteiger partial charge >= 0.3 is 6.03 Å². The molecule has 0 bridgehead atoms. The monoisotopic (exact) mass is 426 g/mol. The van der Waals surface area contributed by atoms with Gasteiger partial charge in [-0.15, -0.1) is 0 Å². The summed E-state index contributed by atoms with van der Waals surface area (Å²) in [5.41, 5.74) is 1.16. The molecule has 6 nitrogen and oxygen atoms in total. The number of piperidine rings is 1. The molecule has 1 aliphatic carbocycles. The Bertz CT molecular complexity index is 713. The van der Waals surface area contributed by atoms with Gasteiger partial charge < -0.3 is 20.4 Å². The maximum absolute atomic E-state index is 13.3. The van der Waals surface area contributed by atoms with Gasteiger partial charge in [0.2, 0.25) is 5.91 Å². The van der Waals surface area contributed by atoms with Gasteiger partial charge in [-0.1, -0.05) is 49.6 Å². The van der Waals surface area contributed by atoms with Crippen LogP contribution in [0.25, 0.3) is 0 Å². The van der Waals surface area contributed by atoms with Gasteiger partial charge in [0.25, 0.3) is 0 Å². The second-order valence-corrected chi connectivity index (χ2v) is 9.48. The third kappa shape index (κ3) is 6.00. The maximum atomic E-state index is 13.3. The van der Waals surface area contributed by atoms with Gasteiger partial charge in [-0.3, -0.25) is 4.79 Å². The number of likely N-dealkylation sites (tertiary alicyclic amines) is 2. The van der Waals surface area contributed by atoms with Crippen LogP contribution >= 0.6 is 0 Å². The number of amides is 3. The molecular weight excluding hydrogens is 388 g/mol. The van der Waals surface area contributed by atoms with Crippen LogP contribution in [0.1, 0.15) is 69.4 Å². The SMILES string of the molecule is O=C(NCCN1CCCC1)C1CCC(c2ccccc2)N(C(=O)NC2CCCCC2)C1. The highest BCUT2D eigenvalue weighted by molar-refractivity contribution is 5.81. The van der Waals surface area contributed by atoms with E-state index in [2.05, 4.69) is 27.7 Å². The highest BCUT2D eigenvalue weighted by Crippen LogP contribution is 2.34. The largest absolute Gasteiger partial charge is 0.355 e. The van der Waals surface area contributed by atoms with E-state index in [-0.39, 0.29) is 29.9 Å².